The summed E-state index contributed by atoms with van der Waals surface area (Å²) >= 11 is 0. The summed E-state index contributed by atoms with van der Waals surface area (Å²) < 4.78 is 55.5. The van der Waals surface area contributed by atoms with Crippen LogP contribution >= 0.6 is 0 Å². The van der Waals surface area contributed by atoms with Crippen molar-refractivity contribution in [3.63, 3.8) is 0 Å². The van der Waals surface area contributed by atoms with Gasteiger partial charge in [-0.1, -0.05) is 18.2 Å². The molecule has 2 saturated carbocycles. The maximum absolute atomic E-state index is 15.0. The molecule has 4 rings (SSSR count). The molecule has 2 aliphatic rings. The number of benzene rings is 2. The van der Waals surface area contributed by atoms with Gasteiger partial charge in [-0.3, -0.25) is 0 Å². The van der Waals surface area contributed by atoms with Gasteiger partial charge in [0.25, 0.3) is 0 Å². The monoisotopic (exact) mass is 476 g/mol. The van der Waals surface area contributed by atoms with Gasteiger partial charge in [-0.15, -0.1) is 0 Å². The molecule has 0 amide bonds. The summed E-state index contributed by atoms with van der Waals surface area (Å²) in [6.45, 7) is 2.69. The molecule has 0 bridgehead atoms. The minimum atomic E-state index is -0.706. The van der Waals surface area contributed by atoms with Crippen molar-refractivity contribution in [1.82, 2.24) is 0 Å². The van der Waals surface area contributed by atoms with E-state index in [0.29, 0.717) is 41.9 Å². The lowest BCUT2D eigenvalue weighted by Crippen LogP contribution is -2.22. The molecule has 6 heteroatoms. The molecule has 34 heavy (non-hydrogen) atoms. The molecule has 2 aromatic rings. The Labute approximate surface area is 200 Å². The van der Waals surface area contributed by atoms with Crippen molar-refractivity contribution in [3.05, 3.63) is 64.5 Å². The summed E-state index contributed by atoms with van der Waals surface area (Å²) in [5, 5.41) is 9.31. The van der Waals surface area contributed by atoms with Crippen LogP contribution < -0.4 is 4.74 Å². The Morgan fingerprint density at radius 1 is 0.824 bits per heavy atom. The van der Waals surface area contributed by atoms with Crippen LogP contribution in [0.3, 0.4) is 0 Å². The predicted molar refractivity (Wildman–Crippen MR) is 125 cm³/mol. The Balaban J connectivity index is 1.31. The highest BCUT2D eigenvalue weighted by molar-refractivity contribution is 5.32. The molecular weight excluding hydrogens is 441 g/mol. The molecule has 0 aromatic heterocycles. The number of hydrogen-bond donors (Lipinski definition) is 1. The second kappa shape index (κ2) is 11.6. The second-order valence-electron chi connectivity index (χ2n) is 9.74. The van der Waals surface area contributed by atoms with Crippen molar-refractivity contribution >= 4 is 0 Å². The van der Waals surface area contributed by atoms with Crippen molar-refractivity contribution < 1.29 is 27.8 Å². The quantitative estimate of drug-likeness (QED) is 0.445. The first-order chi connectivity index (χ1) is 16.5. The highest BCUT2D eigenvalue weighted by atomic mass is 19.2. The second-order valence-corrected chi connectivity index (χ2v) is 9.74. The van der Waals surface area contributed by atoms with Gasteiger partial charge in [0.2, 0.25) is 0 Å². The third-order valence-corrected chi connectivity index (χ3v) is 7.61. The van der Waals surface area contributed by atoms with Crippen LogP contribution in [0.25, 0.3) is 0 Å². The van der Waals surface area contributed by atoms with E-state index >= 15 is 4.39 Å². The SMILES string of the molecule is CCOc1ccc(COC2CCC(c3ccc(C4CCC(CO)CC4)c(F)c3F)CC2)c(F)c1. The molecule has 0 unspecified atom stereocenters. The highest BCUT2D eigenvalue weighted by Crippen LogP contribution is 2.41. The standard InChI is InChI=1S/C28H35F3O3/c1-2-33-23-12-9-21(26(29)15-23)17-34-22-10-7-20(8-11-22)25-14-13-24(27(30)28(25)31)19-5-3-18(16-32)4-6-19/h9,12-15,18-20,22,32H,2-8,10-11,16-17H2,1H3. The first-order valence-electron chi connectivity index (χ1n) is 12.6. The number of aliphatic hydroxyl groups is 1. The Morgan fingerprint density at radius 3 is 1.94 bits per heavy atom. The molecule has 3 nitrogen and oxygen atoms in total. The number of hydrogen-bond acceptors (Lipinski definition) is 3. The minimum absolute atomic E-state index is 0.0175. The van der Waals surface area contributed by atoms with E-state index in [0.717, 1.165) is 38.5 Å². The zero-order chi connectivity index (χ0) is 24.1. The van der Waals surface area contributed by atoms with Gasteiger partial charge in [-0.2, -0.15) is 0 Å². The average molecular weight is 477 g/mol. The fourth-order valence-corrected chi connectivity index (χ4v) is 5.52. The van der Waals surface area contributed by atoms with Crippen LogP contribution in [-0.4, -0.2) is 24.4 Å². The van der Waals surface area contributed by atoms with Crippen molar-refractivity contribution in [2.75, 3.05) is 13.2 Å². The van der Waals surface area contributed by atoms with Gasteiger partial charge in [-0.05, 0) is 93.2 Å². The van der Waals surface area contributed by atoms with E-state index in [1.165, 1.54) is 6.07 Å². The fourth-order valence-electron chi connectivity index (χ4n) is 5.52. The number of ether oxygens (including phenoxy) is 2. The summed E-state index contributed by atoms with van der Waals surface area (Å²) in [5.41, 5.74) is 1.43. The van der Waals surface area contributed by atoms with Crippen LogP contribution in [0.15, 0.2) is 30.3 Å². The summed E-state index contributed by atoms with van der Waals surface area (Å²) in [4.78, 5) is 0. The number of aliphatic hydroxyl groups excluding tert-OH is 1. The summed E-state index contributed by atoms with van der Waals surface area (Å²) in [5.74, 6) is -0.970. The van der Waals surface area contributed by atoms with Crippen LogP contribution in [0.2, 0.25) is 0 Å². The lowest BCUT2D eigenvalue weighted by Gasteiger charge is -2.30. The Morgan fingerprint density at radius 2 is 1.41 bits per heavy atom. The molecule has 0 saturated heterocycles. The molecule has 0 radical (unpaired) electrons. The largest absolute Gasteiger partial charge is 0.494 e. The van der Waals surface area contributed by atoms with Crippen LogP contribution in [0.4, 0.5) is 13.2 Å². The Kier molecular flexibility index (Phi) is 8.54. The number of rotatable bonds is 8. The Hall–Kier alpha value is -2.05. The highest BCUT2D eigenvalue weighted by Gasteiger charge is 2.30. The Bertz CT molecular complexity index is 948. The molecule has 2 aliphatic carbocycles. The van der Waals surface area contributed by atoms with E-state index < -0.39 is 11.6 Å². The van der Waals surface area contributed by atoms with Gasteiger partial charge in [-0.25, -0.2) is 13.2 Å². The van der Waals surface area contributed by atoms with Crippen LogP contribution in [0, 0.1) is 23.4 Å². The molecule has 0 heterocycles. The molecule has 1 N–H and O–H groups in total. The third-order valence-electron chi connectivity index (χ3n) is 7.61. The van der Waals surface area contributed by atoms with Gasteiger partial charge in [0.15, 0.2) is 11.6 Å². The van der Waals surface area contributed by atoms with E-state index in [1.54, 1.807) is 24.3 Å². The first-order valence-corrected chi connectivity index (χ1v) is 12.6. The van der Waals surface area contributed by atoms with Gasteiger partial charge in [0.1, 0.15) is 11.6 Å². The topological polar surface area (TPSA) is 38.7 Å². The predicted octanol–water partition coefficient (Wildman–Crippen LogP) is 7.01. The van der Waals surface area contributed by atoms with E-state index in [4.69, 9.17) is 9.47 Å². The van der Waals surface area contributed by atoms with E-state index in [-0.39, 0.29) is 42.9 Å². The lowest BCUT2D eigenvalue weighted by atomic mass is 9.77. The zero-order valence-electron chi connectivity index (χ0n) is 19.9. The molecule has 0 aliphatic heterocycles. The van der Waals surface area contributed by atoms with Crippen molar-refractivity contribution in [2.24, 2.45) is 5.92 Å². The minimum Gasteiger partial charge on any atom is -0.494 e. The lowest BCUT2D eigenvalue weighted by molar-refractivity contribution is 0.0118. The molecular formula is C28H35F3O3. The average Bonchev–Trinajstić information content (AvgIpc) is 2.86. The molecule has 2 aromatic carbocycles. The first kappa shape index (κ1) is 25.1. The smallest absolute Gasteiger partial charge is 0.162 e. The maximum Gasteiger partial charge on any atom is 0.162 e. The van der Waals surface area contributed by atoms with Crippen molar-refractivity contribution in [1.29, 1.82) is 0 Å². The van der Waals surface area contributed by atoms with Gasteiger partial charge in [0, 0.05) is 18.2 Å². The van der Waals surface area contributed by atoms with Crippen molar-refractivity contribution in [2.45, 2.75) is 82.8 Å². The van der Waals surface area contributed by atoms with Crippen LogP contribution in [-0.2, 0) is 11.3 Å². The zero-order valence-corrected chi connectivity index (χ0v) is 19.9. The summed E-state index contributed by atoms with van der Waals surface area (Å²) in [6, 6.07) is 8.34. The molecule has 0 atom stereocenters. The van der Waals surface area contributed by atoms with Crippen LogP contribution in [0.5, 0.6) is 5.75 Å². The fraction of sp³-hybridized carbons (Fsp3) is 0.571. The normalized spacial score (nSPS) is 25.3. The molecule has 0 spiro atoms. The molecule has 2 fully saturated rings. The molecule has 186 valence electrons. The maximum atomic E-state index is 15.0. The third kappa shape index (κ3) is 5.77. The van der Waals surface area contributed by atoms with E-state index in [9.17, 15) is 13.9 Å². The summed E-state index contributed by atoms with van der Waals surface area (Å²) in [7, 11) is 0. The van der Waals surface area contributed by atoms with E-state index in [1.807, 2.05) is 6.92 Å². The van der Waals surface area contributed by atoms with Gasteiger partial charge < -0.3 is 14.6 Å². The number of halogens is 3. The van der Waals surface area contributed by atoms with E-state index in [2.05, 4.69) is 0 Å². The van der Waals surface area contributed by atoms with Gasteiger partial charge in [0.05, 0.1) is 19.3 Å². The van der Waals surface area contributed by atoms with Crippen molar-refractivity contribution in [3.8, 4) is 5.75 Å². The van der Waals surface area contributed by atoms with Crippen LogP contribution in [0.1, 0.15) is 86.8 Å². The summed E-state index contributed by atoms with van der Waals surface area (Å²) in [6.07, 6.45) is 6.17. The van der Waals surface area contributed by atoms with Gasteiger partial charge >= 0.3 is 0 Å².